The number of nitrogens with zero attached hydrogens (tertiary/aromatic N) is 2. The van der Waals surface area contributed by atoms with Crippen LogP contribution in [0.15, 0.2) is 86.7 Å². The summed E-state index contributed by atoms with van der Waals surface area (Å²) in [6.45, 7) is 0. The first-order chi connectivity index (χ1) is 14.6. The Morgan fingerprint density at radius 1 is 0.697 bits per heavy atom. The number of azo groups is 1. The minimum atomic E-state index is -4.88. The molecule has 4 rings (SSSR count). The molecule has 0 aliphatic rings. The van der Waals surface area contributed by atoms with Gasteiger partial charge in [0.25, 0.3) is 20.2 Å². The third-order valence-electron chi connectivity index (χ3n) is 4.62. The molecule has 0 atom stereocenters. The van der Waals surface area contributed by atoms with Gasteiger partial charge >= 0.3 is 59.1 Å². The van der Waals surface area contributed by atoms with Gasteiger partial charge in [-0.2, -0.15) is 16.8 Å². The van der Waals surface area contributed by atoms with E-state index >= 15 is 0 Å². The molecule has 0 fully saturated rings. The number of hydrogen-bond acceptors (Lipinski definition) is 7. The van der Waals surface area contributed by atoms with Crippen molar-refractivity contribution < 1.29 is 93.0 Å². The van der Waals surface area contributed by atoms with Crippen LogP contribution < -0.4 is 59.1 Å². The summed E-state index contributed by atoms with van der Waals surface area (Å²) in [7, 11) is -9.45. The Morgan fingerprint density at radius 2 is 1.36 bits per heavy atom. The Hall–Kier alpha value is -1.38. The Labute approximate surface area is 236 Å². The Kier molecular flexibility index (Phi) is 8.85. The van der Waals surface area contributed by atoms with Crippen LogP contribution in [0.25, 0.3) is 21.5 Å². The molecule has 0 bridgehead atoms. The van der Waals surface area contributed by atoms with Crippen LogP contribution in [0.3, 0.4) is 0 Å². The van der Waals surface area contributed by atoms with E-state index in [-0.39, 0.29) is 78.4 Å². The molecule has 162 valence electrons. The van der Waals surface area contributed by atoms with Crippen LogP contribution in [0.2, 0.25) is 0 Å². The maximum absolute atomic E-state index is 11.7. The summed E-state index contributed by atoms with van der Waals surface area (Å²) < 4.78 is 65.1. The minimum Gasteiger partial charge on any atom is -1.00 e. The minimum absolute atomic E-state index is 0. The first-order valence-electron chi connectivity index (χ1n) is 8.70. The van der Waals surface area contributed by atoms with Gasteiger partial charge in [0.1, 0.15) is 10.6 Å². The summed E-state index contributed by atoms with van der Waals surface area (Å²) >= 11 is 0. The Bertz CT molecular complexity index is 1610. The SMILES string of the molecule is O=S(=O)(O)c1ccc2c(N=Nc3cccc4ccccc34)c(O)c(S(=O)(=O)O)cc2c1.[H-].[H-].[Na+].[Na+]. The molecule has 0 saturated carbocycles. The first kappa shape index (κ1) is 27.9. The number of phenols is 1. The van der Waals surface area contributed by atoms with Crippen LogP contribution >= 0.6 is 0 Å². The molecule has 0 aliphatic heterocycles. The zero-order valence-corrected chi connectivity index (χ0v) is 23.2. The van der Waals surface area contributed by atoms with Gasteiger partial charge in [-0.1, -0.05) is 42.5 Å². The van der Waals surface area contributed by atoms with Gasteiger partial charge in [-0.05, 0) is 35.0 Å². The van der Waals surface area contributed by atoms with Gasteiger partial charge in [-0.15, -0.1) is 10.2 Å². The normalized spacial score (nSPS) is 11.9. The van der Waals surface area contributed by atoms with E-state index in [9.17, 15) is 31.0 Å². The van der Waals surface area contributed by atoms with Crippen molar-refractivity contribution >= 4 is 53.2 Å². The number of benzene rings is 4. The quantitative estimate of drug-likeness (QED) is 0.179. The van der Waals surface area contributed by atoms with Crippen molar-refractivity contribution in [2.24, 2.45) is 10.2 Å². The van der Waals surface area contributed by atoms with Crippen molar-refractivity contribution in [1.82, 2.24) is 0 Å². The van der Waals surface area contributed by atoms with E-state index in [2.05, 4.69) is 10.2 Å². The largest absolute Gasteiger partial charge is 1.00 e. The van der Waals surface area contributed by atoms with Crippen LogP contribution in [-0.4, -0.2) is 31.0 Å². The third kappa shape index (κ3) is 5.82. The molecule has 0 amide bonds. The summed E-state index contributed by atoms with van der Waals surface area (Å²) in [5.74, 6) is -0.849. The second-order valence-electron chi connectivity index (χ2n) is 6.60. The van der Waals surface area contributed by atoms with Crippen molar-refractivity contribution in [2.45, 2.75) is 9.79 Å². The van der Waals surface area contributed by atoms with Gasteiger partial charge in [0.05, 0.1) is 10.6 Å². The van der Waals surface area contributed by atoms with E-state index in [1.165, 1.54) is 6.07 Å². The molecule has 4 aromatic carbocycles. The van der Waals surface area contributed by atoms with E-state index < -0.39 is 35.8 Å². The Balaban J connectivity index is 0.00000289. The third-order valence-corrected chi connectivity index (χ3v) is 6.34. The van der Waals surface area contributed by atoms with Gasteiger partial charge in [0.15, 0.2) is 5.75 Å². The van der Waals surface area contributed by atoms with Crippen molar-refractivity contribution in [2.75, 3.05) is 0 Å². The average Bonchev–Trinajstić information content (AvgIpc) is 2.71. The van der Waals surface area contributed by atoms with Gasteiger partial charge in [-0.25, -0.2) is 0 Å². The molecule has 0 radical (unpaired) electrons. The smallest absolute Gasteiger partial charge is 1.00 e. The number of aromatic hydroxyl groups is 1. The molecule has 0 unspecified atom stereocenters. The monoisotopic (exact) mass is 506 g/mol. The first-order valence-corrected chi connectivity index (χ1v) is 11.6. The van der Waals surface area contributed by atoms with Crippen LogP contribution in [0.4, 0.5) is 11.4 Å². The van der Waals surface area contributed by atoms with Crippen LogP contribution in [0.1, 0.15) is 2.85 Å². The summed E-state index contributed by atoms with van der Waals surface area (Å²) in [5.41, 5.74) is 0.150. The van der Waals surface area contributed by atoms with Crippen LogP contribution in [0, 0.1) is 0 Å². The molecule has 0 heterocycles. The molecule has 3 N–H and O–H groups in total. The van der Waals surface area contributed by atoms with E-state index in [1.54, 1.807) is 12.1 Å². The maximum Gasteiger partial charge on any atom is 1.00 e. The van der Waals surface area contributed by atoms with Crippen molar-refractivity contribution in [3.8, 4) is 5.75 Å². The van der Waals surface area contributed by atoms with Crippen LogP contribution in [-0.2, 0) is 20.2 Å². The van der Waals surface area contributed by atoms with Gasteiger partial charge in [0.2, 0.25) is 0 Å². The molecule has 0 aromatic heterocycles. The fraction of sp³-hybridized carbons (Fsp3) is 0. The van der Waals surface area contributed by atoms with Gasteiger partial charge in [0, 0.05) is 10.8 Å². The summed E-state index contributed by atoms with van der Waals surface area (Å²) in [6, 6.07) is 16.8. The second-order valence-corrected chi connectivity index (χ2v) is 9.41. The summed E-state index contributed by atoms with van der Waals surface area (Å²) in [4.78, 5) is -1.37. The molecular formula is C20H16N2Na2O7S2. The predicted octanol–water partition coefficient (Wildman–Crippen LogP) is -1.16. The molecule has 13 heteroatoms. The van der Waals surface area contributed by atoms with Gasteiger partial charge in [-0.3, -0.25) is 9.11 Å². The number of hydrogen-bond donors (Lipinski definition) is 3. The Morgan fingerprint density at radius 3 is 2.03 bits per heavy atom. The molecule has 9 nitrogen and oxygen atoms in total. The van der Waals surface area contributed by atoms with E-state index in [1.807, 2.05) is 30.3 Å². The molecule has 0 spiro atoms. The maximum atomic E-state index is 11.7. The van der Waals surface area contributed by atoms with Crippen LogP contribution in [0.5, 0.6) is 5.75 Å². The van der Waals surface area contributed by atoms with Crippen molar-refractivity contribution in [3.05, 3.63) is 66.7 Å². The van der Waals surface area contributed by atoms with E-state index in [0.29, 0.717) is 5.69 Å². The second kappa shape index (κ2) is 10.5. The zero-order chi connectivity index (χ0) is 22.4. The summed E-state index contributed by atoms with van der Waals surface area (Å²) in [6.07, 6.45) is 0. The number of fused-ring (bicyclic) bond motifs is 2. The van der Waals surface area contributed by atoms with Gasteiger partial charge < -0.3 is 7.96 Å². The number of phenolic OH excluding ortho intramolecular Hbond substituents is 1. The van der Waals surface area contributed by atoms with Crippen molar-refractivity contribution in [3.63, 3.8) is 0 Å². The number of rotatable bonds is 4. The molecule has 0 aliphatic carbocycles. The van der Waals surface area contributed by atoms with E-state index in [4.69, 9.17) is 0 Å². The fourth-order valence-electron chi connectivity index (χ4n) is 3.19. The summed E-state index contributed by atoms with van der Waals surface area (Å²) in [5, 5.41) is 20.4. The average molecular weight is 506 g/mol. The predicted molar refractivity (Wildman–Crippen MR) is 116 cm³/mol. The standard InChI is InChI=1S/C20H14N2O7S2.2Na.2H/c23-20-18(31(27,28)29)11-13-10-14(30(24,25)26)8-9-16(13)19(20)22-21-17-7-3-5-12-4-1-2-6-15(12)17;;;;/h1-11,23H,(H,24,25,26)(H,27,28,29);;;;/q;2*+1;2*-1. The molecule has 4 aromatic rings. The fourth-order valence-corrected chi connectivity index (χ4v) is 4.32. The molecule has 33 heavy (non-hydrogen) atoms. The molecular weight excluding hydrogens is 490 g/mol. The van der Waals surface area contributed by atoms with Crippen molar-refractivity contribution in [1.29, 1.82) is 0 Å². The van der Waals surface area contributed by atoms with E-state index in [0.717, 1.165) is 29.0 Å². The zero-order valence-electron chi connectivity index (χ0n) is 19.5. The topological polar surface area (TPSA) is 154 Å². The molecule has 0 saturated heterocycles.